The van der Waals surface area contributed by atoms with E-state index in [0.29, 0.717) is 35.9 Å². The van der Waals surface area contributed by atoms with Crippen LogP contribution in [0, 0.1) is 6.92 Å². The second kappa shape index (κ2) is 12.9. The predicted octanol–water partition coefficient (Wildman–Crippen LogP) is 3.25. The SMILES string of the molecule is Cc1ccc(COCCN(Oc2ccccc2)P(N)(=O)NCO[C@H](C)Cn2cnc3c(N)ncnc32)cc1. The topological polar surface area (TPSA) is 156 Å². The summed E-state index contributed by atoms with van der Waals surface area (Å²) in [4.78, 5) is 19.5. The van der Waals surface area contributed by atoms with Gasteiger partial charge in [0.25, 0.3) is 0 Å². The van der Waals surface area contributed by atoms with Gasteiger partial charge in [-0.2, -0.15) is 0 Å². The number of ether oxygens (including phenoxy) is 2. The minimum Gasteiger partial charge on any atom is -0.397 e. The zero-order chi connectivity index (χ0) is 27.0. The summed E-state index contributed by atoms with van der Waals surface area (Å²) in [6.07, 6.45) is 2.74. The lowest BCUT2D eigenvalue weighted by Gasteiger charge is -2.28. The Morgan fingerprint density at radius 2 is 1.87 bits per heavy atom. The molecule has 0 aliphatic heterocycles. The number of aromatic nitrogens is 4. The van der Waals surface area contributed by atoms with E-state index < -0.39 is 7.59 Å². The highest BCUT2D eigenvalue weighted by atomic mass is 31.2. The van der Waals surface area contributed by atoms with Crippen LogP contribution in [0.1, 0.15) is 18.1 Å². The molecule has 4 aromatic rings. The second-order valence-corrected chi connectivity index (χ2v) is 10.8. The second-order valence-electron chi connectivity index (χ2n) is 8.75. The molecule has 2 atom stereocenters. The van der Waals surface area contributed by atoms with Crippen molar-refractivity contribution < 1.29 is 18.9 Å². The molecule has 38 heavy (non-hydrogen) atoms. The Hall–Kier alpha value is -3.38. The Morgan fingerprint density at radius 1 is 1.11 bits per heavy atom. The van der Waals surface area contributed by atoms with Crippen LogP contribution in [-0.2, 0) is 27.2 Å². The first-order valence-electron chi connectivity index (χ1n) is 12.1. The highest BCUT2D eigenvalue weighted by molar-refractivity contribution is 7.56. The molecule has 0 saturated carbocycles. The Labute approximate surface area is 221 Å². The van der Waals surface area contributed by atoms with Crippen molar-refractivity contribution in [1.29, 1.82) is 0 Å². The normalized spacial score (nSPS) is 14.0. The number of aryl methyl sites for hydroxylation is 1. The van der Waals surface area contributed by atoms with E-state index in [1.165, 1.54) is 16.7 Å². The lowest BCUT2D eigenvalue weighted by atomic mass is 10.2. The summed E-state index contributed by atoms with van der Waals surface area (Å²) in [5.41, 5.74) is 15.4. The fourth-order valence-electron chi connectivity index (χ4n) is 3.59. The molecule has 0 aliphatic carbocycles. The van der Waals surface area contributed by atoms with Crippen LogP contribution in [0.5, 0.6) is 5.75 Å². The first-order chi connectivity index (χ1) is 18.3. The molecule has 5 N–H and O–H groups in total. The third-order valence-corrected chi connectivity index (χ3v) is 7.17. The number of para-hydroxylation sites is 1. The van der Waals surface area contributed by atoms with Gasteiger partial charge in [-0.1, -0.05) is 52.9 Å². The van der Waals surface area contributed by atoms with Crippen molar-refractivity contribution in [2.75, 3.05) is 25.6 Å². The third kappa shape index (κ3) is 7.57. The van der Waals surface area contributed by atoms with Gasteiger partial charge in [-0.05, 0) is 31.5 Å². The number of nitrogens with one attached hydrogen (secondary N) is 1. The largest absolute Gasteiger partial charge is 0.397 e. The molecule has 12 nitrogen and oxygen atoms in total. The van der Waals surface area contributed by atoms with E-state index in [1.54, 1.807) is 18.5 Å². The summed E-state index contributed by atoms with van der Waals surface area (Å²) >= 11 is 0. The highest BCUT2D eigenvalue weighted by Gasteiger charge is 2.28. The first-order valence-corrected chi connectivity index (χ1v) is 13.9. The van der Waals surface area contributed by atoms with Crippen molar-refractivity contribution in [3.8, 4) is 5.75 Å². The molecule has 2 aromatic carbocycles. The van der Waals surface area contributed by atoms with Crippen LogP contribution in [0.2, 0.25) is 0 Å². The van der Waals surface area contributed by atoms with Crippen LogP contribution in [0.4, 0.5) is 5.82 Å². The summed E-state index contributed by atoms with van der Waals surface area (Å²) in [5.74, 6) is 0.815. The lowest BCUT2D eigenvalue weighted by molar-refractivity contribution is -0.00555. The number of fused-ring (bicyclic) bond motifs is 1. The van der Waals surface area contributed by atoms with Crippen LogP contribution in [0.15, 0.2) is 67.3 Å². The smallest absolute Gasteiger partial charge is 0.312 e. The van der Waals surface area contributed by atoms with Crippen LogP contribution >= 0.6 is 7.59 Å². The maximum absolute atomic E-state index is 13.4. The monoisotopic (exact) mass is 540 g/mol. The van der Waals surface area contributed by atoms with Gasteiger partial charge in [-0.25, -0.2) is 20.0 Å². The Kier molecular flexibility index (Phi) is 9.40. The van der Waals surface area contributed by atoms with E-state index in [0.717, 1.165) is 5.56 Å². The number of nitrogens with two attached hydrogens (primary N) is 2. The van der Waals surface area contributed by atoms with Gasteiger partial charge in [0, 0.05) is 0 Å². The standard InChI is InChI=1S/C25H33N8O4P/c1-19-8-10-21(11-9-19)15-35-13-12-33(37-22-6-4-3-5-7-22)38(27,34)31-18-36-20(2)14-32-17-30-23-24(26)28-16-29-25(23)32/h3-11,16-17,20H,12-15,18H2,1-2H3,(H2,26,28,29)(H3,27,31,34)/t20-,38?/m1/s1. The minimum absolute atomic E-state index is 0.0719. The molecular weight excluding hydrogens is 507 g/mol. The number of nitrogens with zero attached hydrogens (tertiary/aromatic N) is 5. The molecule has 0 aliphatic rings. The molecule has 2 aromatic heterocycles. The molecular formula is C25H33N8O4P. The molecule has 0 radical (unpaired) electrons. The van der Waals surface area contributed by atoms with Crippen molar-refractivity contribution in [3.63, 3.8) is 0 Å². The average molecular weight is 541 g/mol. The predicted molar refractivity (Wildman–Crippen MR) is 145 cm³/mol. The maximum Gasteiger partial charge on any atom is 0.312 e. The van der Waals surface area contributed by atoms with Gasteiger partial charge in [0.1, 0.15) is 24.3 Å². The molecule has 0 saturated heterocycles. The number of imidazole rings is 1. The summed E-state index contributed by atoms with van der Waals surface area (Å²) < 4.78 is 26.8. The summed E-state index contributed by atoms with van der Waals surface area (Å²) in [6.45, 7) is 5.11. The van der Waals surface area contributed by atoms with Crippen LogP contribution in [-0.4, -0.2) is 50.3 Å². The molecule has 0 bridgehead atoms. The van der Waals surface area contributed by atoms with Crippen molar-refractivity contribution in [1.82, 2.24) is 29.4 Å². The maximum atomic E-state index is 13.4. The van der Waals surface area contributed by atoms with Gasteiger partial charge < -0.3 is 24.6 Å². The molecule has 13 heteroatoms. The van der Waals surface area contributed by atoms with Gasteiger partial charge in [0.2, 0.25) is 0 Å². The van der Waals surface area contributed by atoms with Crippen LogP contribution < -0.4 is 21.2 Å². The van der Waals surface area contributed by atoms with Gasteiger partial charge in [0.15, 0.2) is 11.5 Å². The van der Waals surface area contributed by atoms with E-state index in [4.69, 9.17) is 25.5 Å². The van der Waals surface area contributed by atoms with Crippen molar-refractivity contribution >= 4 is 24.6 Å². The van der Waals surface area contributed by atoms with E-state index in [2.05, 4.69) is 20.0 Å². The summed E-state index contributed by atoms with van der Waals surface area (Å²) in [7, 11) is -3.66. The number of benzene rings is 2. The fourth-order valence-corrected chi connectivity index (χ4v) is 4.60. The van der Waals surface area contributed by atoms with Crippen molar-refractivity contribution in [2.24, 2.45) is 5.50 Å². The molecule has 0 fully saturated rings. The number of hydroxylamine groups is 1. The van der Waals surface area contributed by atoms with Crippen LogP contribution in [0.3, 0.4) is 0 Å². The fraction of sp³-hybridized carbons (Fsp3) is 0.320. The lowest BCUT2D eigenvalue weighted by Crippen LogP contribution is -2.38. The Morgan fingerprint density at radius 3 is 2.63 bits per heavy atom. The number of nitrogen functional groups attached to an aromatic ring is 1. The number of rotatable bonds is 14. The molecule has 1 unspecified atom stereocenters. The molecule has 2 heterocycles. The van der Waals surface area contributed by atoms with Gasteiger partial charge in [-0.15, -0.1) is 0 Å². The zero-order valence-corrected chi connectivity index (χ0v) is 22.3. The van der Waals surface area contributed by atoms with Crippen molar-refractivity contribution in [2.45, 2.75) is 33.1 Å². The van der Waals surface area contributed by atoms with E-state index in [1.807, 2.05) is 60.9 Å². The first kappa shape index (κ1) is 27.6. The highest BCUT2D eigenvalue weighted by Crippen LogP contribution is 2.37. The number of hydrogen-bond donors (Lipinski definition) is 3. The summed E-state index contributed by atoms with van der Waals surface area (Å²) in [6, 6.07) is 17.1. The Bertz CT molecular complexity index is 1350. The van der Waals surface area contributed by atoms with E-state index in [9.17, 15) is 4.57 Å². The van der Waals surface area contributed by atoms with Gasteiger partial charge in [-0.3, -0.25) is 10.1 Å². The van der Waals surface area contributed by atoms with Crippen LogP contribution in [0.25, 0.3) is 11.2 Å². The number of hydrogen-bond acceptors (Lipinski definition) is 8. The molecule has 4 rings (SSSR count). The Balaban J connectivity index is 1.31. The number of anilines is 1. The van der Waals surface area contributed by atoms with Gasteiger partial charge in [0.05, 0.1) is 38.7 Å². The molecule has 0 amide bonds. The molecule has 202 valence electrons. The minimum atomic E-state index is -3.66. The average Bonchev–Trinajstić information content (AvgIpc) is 3.31. The quantitative estimate of drug-likeness (QED) is 0.0934. The molecule has 0 spiro atoms. The summed E-state index contributed by atoms with van der Waals surface area (Å²) in [5, 5.41) is 2.79. The third-order valence-electron chi connectivity index (χ3n) is 5.64. The van der Waals surface area contributed by atoms with E-state index in [-0.39, 0.29) is 26.0 Å². The van der Waals surface area contributed by atoms with E-state index >= 15 is 0 Å². The zero-order valence-electron chi connectivity index (χ0n) is 21.4. The van der Waals surface area contributed by atoms with Gasteiger partial charge >= 0.3 is 7.59 Å². The van der Waals surface area contributed by atoms with Crippen molar-refractivity contribution in [3.05, 3.63) is 78.4 Å².